The summed E-state index contributed by atoms with van der Waals surface area (Å²) in [5, 5.41) is 2.82. The van der Waals surface area contributed by atoms with Gasteiger partial charge in [-0.1, -0.05) is 54.6 Å². The highest BCUT2D eigenvalue weighted by Gasteiger charge is 2.28. The second kappa shape index (κ2) is 7.82. The smallest absolute Gasteiger partial charge is 0.407 e. The first-order valence-electron chi connectivity index (χ1n) is 8.51. The van der Waals surface area contributed by atoms with E-state index in [2.05, 4.69) is 48.3 Å². The maximum absolute atomic E-state index is 11.9. The third kappa shape index (κ3) is 3.51. The van der Waals surface area contributed by atoms with Crippen LogP contribution in [0.1, 0.15) is 36.3 Å². The summed E-state index contributed by atoms with van der Waals surface area (Å²) in [4.78, 5) is 11.9. The van der Waals surface area contributed by atoms with Gasteiger partial charge in [-0.05, 0) is 41.5 Å². The average molecular weight is 321 g/mol. The number of nitrogens with one attached hydrogen (secondary N) is 1. The number of ether oxygens (including phenoxy) is 1. The summed E-state index contributed by atoms with van der Waals surface area (Å²) < 4.78 is 5.48. The number of allylic oxidation sites excluding steroid dienone is 1. The van der Waals surface area contributed by atoms with Crippen LogP contribution >= 0.6 is 0 Å². The second-order valence-electron chi connectivity index (χ2n) is 6.04. The summed E-state index contributed by atoms with van der Waals surface area (Å²) in [7, 11) is 0. The highest BCUT2D eigenvalue weighted by Crippen LogP contribution is 2.44. The summed E-state index contributed by atoms with van der Waals surface area (Å²) in [6.45, 7) is 4.70. The van der Waals surface area contributed by atoms with Gasteiger partial charge < -0.3 is 10.1 Å². The number of unbranched alkanes of at least 4 members (excludes halogenated alkanes) is 2. The van der Waals surface area contributed by atoms with Gasteiger partial charge in [0.05, 0.1) is 0 Å². The van der Waals surface area contributed by atoms with Crippen LogP contribution in [-0.2, 0) is 4.74 Å². The summed E-state index contributed by atoms with van der Waals surface area (Å²) >= 11 is 0. The highest BCUT2D eigenvalue weighted by atomic mass is 16.5. The fourth-order valence-corrected chi connectivity index (χ4v) is 3.25. The molecule has 3 rings (SSSR count). The Labute approximate surface area is 143 Å². The van der Waals surface area contributed by atoms with E-state index in [-0.39, 0.29) is 12.0 Å². The molecule has 2 aromatic rings. The number of fused-ring (bicyclic) bond motifs is 3. The van der Waals surface area contributed by atoms with Crippen molar-refractivity contribution in [2.75, 3.05) is 13.2 Å². The van der Waals surface area contributed by atoms with Gasteiger partial charge in [0, 0.05) is 12.5 Å². The van der Waals surface area contributed by atoms with Crippen LogP contribution in [0.4, 0.5) is 4.79 Å². The van der Waals surface area contributed by atoms with Gasteiger partial charge in [-0.15, -0.1) is 6.58 Å². The standard InChI is InChI=1S/C21H23NO2/c1-2-3-4-9-14-22-21(23)24-15-20-18-12-7-5-10-16(18)17-11-6-8-13-19(17)20/h2,5-8,10-13,20H,1,3-4,9,14-15H2,(H,22,23). The summed E-state index contributed by atoms with van der Waals surface area (Å²) in [5.74, 6) is 0.115. The first-order chi connectivity index (χ1) is 11.8. The van der Waals surface area contributed by atoms with Gasteiger partial charge in [-0.25, -0.2) is 4.79 Å². The summed E-state index contributed by atoms with van der Waals surface area (Å²) in [6, 6.07) is 16.7. The molecule has 1 aliphatic carbocycles. The van der Waals surface area contributed by atoms with Crippen LogP contribution in [0.5, 0.6) is 0 Å². The SMILES string of the molecule is C=CCCCCNC(=O)OCC1c2ccccc2-c2ccccc21. The molecule has 3 heteroatoms. The number of benzene rings is 2. The topological polar surface area (TPSA) is 38.3 Å². The van der Waals surface area contributed by atoms with Crippen molar-refractivity contribution in [3.8, 4) is 11.1 Å². The fraction of sp³-hybridized carbons (Fsp3) is 0.286. The van der Waals surface area contributed by atoms with Crippen molar-refractivity contribution >= 4 is 6.09 Å². The van der Waals surface area contributed by atoms with Crippen LogP contribution < -0.4 is 5.32 Å². The molecule has 24 heavy (non-hydrogen) atoms. The molecule has 0 heterocycles. The number of hydrogen-bond acceptors (Lipinski definition) is 2. The minimum Gasteiger partial charge on any atom is -0.449 e. The van der Waals surface area contributed by atoms with E-state index >= 15 is 0 Å². The monoisotopic (exact) mass is 321 g/mol. The molecular weight excluding hydrogens is 298 g/mol. The van der Waals surface area contributed by atoms with Gasteiger partial charge in [0.15, 0.2) is 0 Å². The molecule has 0 unspecified atom stereocenters. The summed E-state index contributed by atoms with van der Waals surface area (Å²) in [6.07, 6.45) is 4.51. The van der Waals surface area contributed by atoms with Crippen molar-refractivity contribution in [3.05, 3.63) is 72.3 Å². The van der Waals surface area contributed by atoms with E-state index < -0.39 is 0 Å². The molecule has 0 aliphatic heterocycles. The molecule has 0 bridgehead atoms. The van der Waals surface area contributed by atoms with E-state index in [1.807, 2.05) is 18.2 Å². The number of carbonyl (C=O) groups is 1. The largest absolute Gasteiger partial charge is 0.449 e. The van der Waals surface area contributed by atoms with Crippen LogP contribution in [0.15, 0.2) is 61.2 Å². The maximum Gasteiger partial charge on any atom is 0.407 e. The predicted octanol–water partition coefficient (Wildman–Crippen LogP) is 4.88. The van der Waals surface area contributed by atoms with Gasteiger partial charge in [-0.3, -0.25) is 0 Å². The number of alkyl carbamates (subject to hydrolysis) is 1. The first-order valence-corrected chi connectivity index (χ1v) is 8.51. The van der Waals surface area contributed by atoms with E-state index in [1.54, 1.807) is 0 Å². The lowest BCUT2D eigenvalue weighted by Gasteiger charge is -2.14. The van der Waals surface area contributed by atoms with Crippen molar-refractivity contribution in [1.82, 2.24) is 5.32 Å². The third-order valence-electron chi connectivity index (χ3n) is 4.45. The third-order valence-corrected chi connectivity index (χ3v) is 4.45. The Hall–Kier alpha value is -2.55. The number of carbonyl (C=O) groups excluding carboxylic acids is 1. The number of hydrogen-bond donors (Lipinski definition) is 1. The molecule has 124 valence electrons. The Balaban J connectivity index is 1.59. The van der Waals surface area contributed by atoms with Crippen LogP contribution in [0, 0.1) is 0 Å². The second-order valence-corrected chi connectivity index (χ2v) is 6.04. The van der Waals surface area contributed by atoms with Gasteiger partial charge in [0.25, 0.3) is 0 Å². The molecule has 1 N–H and O–H groups in total. The lowest BCUT2D eigenvalue weighted by Crippen LogP contribution is -2.27. The maximum atomic E-state index is 11.9. The van der Waals surface area contributed by atoms with Crippen LogP contribution in [0.2, 0.25) is 0 Å². The Morgan fingerprint density at radius 3 is 2.29 bits per heavy atom. The van der Waals surface area contributed by atoms with Crippen molar-refractivity contribution in [1.29, 1.82) is 0 Å². The summed E-state index contributed by atoms with van der Waals surface area (Å²) in [5.41, 5.74) is 4.95. The average Bonchev–Trinajstić information content (AvgIpc) is 2.94. The van der Waals surface area contributed by atoms with Crippen LogP contribution in [-0.4, -0.2) is 19.2 Å². The van der Waals surface area contributed by atoms with Crippen molar-refractivity contribution in [3.63, 3.8) is 0 Å². The molecule has 2 aromatic carbocycles. The quantitative estimate of drug-likeness (QED) is 0.583. The Morgan fingerprint density at radius 2 is 1.67 bits per heavy atom. The normalized spacial score (nSPS) is 12.3. The highest BCUT2D eigenvalue weighted by molar-refractivity contribution is 5.79. The van der Waals surface area contributed by atoms with Crippen molar-refractivity contribution < 1.29 is 9.53 Å². The lowest BCUT2D eigenvalue weighted by atomic mass is 9.98. The van der Waals surface area contributed by atoms with Gasteiger partial charge in [0.1, 0.15) is 6.61 Å². The zero-order chi connectivity index (χ0) is 16.8. The van der Waals surface area contributed by atoms with E-state index in [1.165, 1.54) is 22.3 Å². The molecule has 0 saturated carbocycles. The number of rotatable bonds is 7. The Kier molecular flexibility index (Phi) is 5.32. The molecule has 0 atom stereocenters. The Morgan fingerprint density at radius 1 is 1.04 bits per heavy atom. The minimum absolute atomic E-state index is 0.115. The lowest BCUT2D eigenvalue weighted by molar-refractivity contribution is 0.143. The molecule has 0 fully saturated rings. The zero-order valence-corrected chi connectivity index (χ0v) is 13.8. The van der Waals surface area contributed by atoms with Crippen LogP contribution in [0.25, 0.3) is 11.1 Å². The van der Waals surface area contributed by atoms with Gasteiger partial charge in [-0.2, -0.15) is 0 Å². The van der Waals surface area contributed by atoms with E-state index in [4.69, 9.17) is 4.74 Å². The molecule has 0 radical (unpaired) electrons. The Bertz CT molecular complexity index is 678. The zero-order valence-electron chi connectivity index (χ0n) is 13.8. The molecule has 0 aromatic heterocycles. The first kappa shape index (κ1) is 16.3. The molecule has 0 spiro atoms. The van der Waals surface area contributed by atoms with Crippen molar-refractivity contribution in [2.45, 2.75) is 25.2 Å². The molecule has 1 aliphatic rings. The molecule has 3 nitrogen and oxygen atoms in total. The van der Waals surface area contributed by atoms with E-state index in [0.29, 0.717) is 13.2 Å². The molecule has 0 saturated heterocycles. The fourth-order valence-electron chi connectivity index (χ4n) is 3.25. The van der Waals surface area contributed by atoms with Gasteiger partial charge >= 0.3 is 6.09 Å². The van der Waals surface area contributed by atoms with Crippen molar-refractivity contribution in [2.24, 2.45) is 0 Å². The minimum atomic E-state index is -0.338. The van der Waals surface area contributed by atoms with Gasteiger partial charge in [0.2, 0.25) is 0 Å². The number of amides is 1. The molecule has 1 amide bonds. The van der Waals surface area contributed by atoms with Crippen LogP contribution in [0.3, 0.4) is 0 Å². The predicted molar refractivity (Wildman–Crippen MR) is 97.1 cm³/mol. The molecular formula is C21H23NO2. The van der Waals surface area contributed by atoms with E-state index in [9.17, 15) is 4.79 Å². The van der Waals surface area contributed by atoms with E-state index in [0.717, 1.165) is 19.3 Å².